The van der Waals surface area contributed by atoms with Gasteiger partial charge in [0.1, 0.15) is 0 Å². The largest absolute Gasteiger partial charge is 0.361 e. The number of aromatic nitrogens is 4. The fourth-order valence-electron chi connectivity index (χ4n) is 2.54. The molecule has 4 aromatic rings. The van der Waals surface area contributed by atoms with Crippen molar-refractivity contribution in [2.45, 2.75) is 13.1 Å². The molecule has 0 bridgehead atoms. The van der Waals surface area contributed by atoms with Crippen molar-refractivity contribution in [3.05, 3.63) is 66.2 Å². The summed E-state index contributed by atoms with van der Waals surface area (Å²) in [6, 6.07) is 14.4. The van der Waals surface area contributed by atoms with Crippen LogP contribution in [0.25, 0.3) is 16.6 Å². The lowest BCUT2D eigenvalue weighted by Gasteiger charge is -2.04. The first-order valence-electron chi connectivity index (χ1n) is 6.95. The molecule has 0 aliphatic heterocycles. The molecule has 4 rings (SSSR count). The summed E-state index contributed by atoms with van der Waals surface area (Å²) in [7, 11) is 0. The van der Waals surface area contributed by atoms with Gasteiger partial charge in [0.05, 0.1) is 6.54 Å². The molecule has 1 aromatic carbocycles. The van der Waals surface area contributed by atoms with Gasteiger partial charge >= 0.3 is 0 Å². The highest BCUT2D eigenvalue weighted by atomic mass is 15.3. The Kier molecular flexibility index (Phi) is 2.90. The molecule has 0 spiro atoms. The maximum Gasteiger partial charge on any atom is 0.160 e. The summed E-state index contributed by atoms with van der Waals surface area (Å²) in [6.07, 6.45) is 3.95. The number of hydrogen-bond donors (Lipinski definition) is 2. The molecule has 104 valence electrons. The highest BCUT2D eigenvalue weighted by Crippen LogP contribution is 2.14. The van der Waals surface area contributed by atoms with Gasteiger partial charge in [-0.15, -0.1) is 10.2 Å². The van der Waals surface area contributed by atoms with Gasteiger partial charge < -0.3 is 10.3 Å². The van der Waals surface area contributed by atoms with Crippen molar-refractivity contribution >= 4 is 16.6 Å². The van der Waals surface area contributed by atoms with Crippen LogP contribution in [0.2, 0.25) is 0 Å². The fraction of sp³-hybridized carbons (Fsp3) is 0.125. The minimum absolute atomic E-state index is 0.691. The van der Waals surface area contributed by atoms with Crippen LogP contribution in [-0.4, -0.2) is 19.6 Å². The van der Waals surface area contributed by atoms with Crippen molar-refractivity contribution in [1.82, 2.24) is 24.9 Å². The van der Waals surface area contributed by atoms with Crippen molar-refractivity contribution in [1.29, 1.82) is 0 Å². The zero-order chi connectivity index (χ0) is 14.1. The minimum atomic E-state index is 0.691. The third-order valence-electron chi connectivity index (χ3n) is 3.61. The topological polar surface area (TPSA) is 58.0 Å². The van der Waals surface area contributed by atoms with Gasteiger partial charge in [-0.05, 0) is 41.3 Å². The van der Waals surface area contributed by atoms with E-state index in [1.807, 2.05) is 35.0 Å². The summed E-state index contributed by atoms with van der Waals surface area (Å²) < 4.78 is 2.00. The number of benzene rings is 1. The molecule has 0 amide bonds. The maximum atomic E-state index is 4.21. The van der Waals surface area contributed by atoms with Crippen molar-refractivity contribution in [3.63, 3.8) is 0 Å². The normalized spacial score (nSPS) is 11.4. The van der Waals surface area contributed by atoms with E-state index in [2.05, 4.69) is 44.8 Å². The van der Waals surface area contributed by atoms with Crippen LogP contribution in [-0.2, 0) is 13.1 Å². The van der Waals surface area contributed by atoms with E-state index < -0.39 is 0 Å². The van der Waals surface area contributed by atoms with Gasteiger partial charge in [-0.25, -0.2) is 0 Å². The third kappa shape index (κ3) is 2.28. The molecule has 0 saturated carbocycles. The molecule has 0 unspecified atom stereocenters. The molecule has 3 heterocycles. The predicted octanol–water partition coefficient (Wildman–Crippen LogP) is 2.50. The summed E-state index contributed by atoms with van der Waals surface area (Å²) in [5.41, 5.74) is 3.31. The molecular weight excluding hydrogens is 262 g/mol. The second kappa shape index (κ2) is 5.03. The highest BCUT2D eigenvalue weighted by molar-refractivity contribution is 5.79. The van der Waals surface area contributed by atoms with E-state index in [1.54, 1.807) is 0 Å². The molecule has 0 radical (unpaired) electrons. The quantitative estimate of drug-likeness (QED) is 0.602. The smallest absolute Gasteiger partial charge is 0.160 e. The monoisotopic (exact) mass is 277 g/mol. The first-order chi connectivity index (χ1) is 10.4. The van der Waals surface area contributed by atoms with Gasteiger partial charge in [0, 0.05) is 24.5 Å². The Bertz CT molecular complexity index is 890. The molecule has 5 heteroatoms. The Morgan fingerprint density at radius 1 is 1.05 bits per heavy atom. The summed E-state index contributed by atoms with van der Waals surface area (Å²) in [5, 5.41) is 13.0. The number of pyridine rings is 1. The fourth-order valence-corrected chi connectivity index (χ4v) is 2.54. The van der Waals surface area contributed by atoms with Gasteiger partial charge in [0.25, 0.3) is 0 Å². The Morgan fingerprint density at radius 3 is 3.05 bits per heavy atom. The number of nitrogens with zero attached hydrogens (tertiary/aromatic N) is 3. The number of nitrogens with one attached hydrogen (secondary N) is 2. The van der Waals surface area contributed by atoms with E-state index in [0.29, 0.717) is 6.54 Å². The van der Waals surface area contributed by atoms with E-state index >= 15 is 0 Å². The van der Waals surface area contributed by atoms with Crippen LogP contribution in [0.4, 0.5) is 0 Å². The second-order valence-electron chi connectivity index (χ2n) is 5.05. The molecule has 0 aliphatic rings. The summed E-state index contributed by atoms with van der Waals surface area (Å²) in [6.45, 7) is 1.50. The lowest BCUT2D eigenvalue weighted by molar-refractivity contribution is 0.657. The van der Waals surface area contributed by atoms with Crippen LogP contribution in [0.15, 0.2) is 54.9 Å². The number of hydrogen-bond acceptors (Lipinski definition) is 3. The average Bonchev–Trinajstić information content (AvgIpc) is 3.14. The van der Waals surface area contributed by atoms with Gasteiger partial charge in [-0.2, -0.15) is 0 Å². The first-order valence-corrected chi connectivity index (χ1v) is 6.95. The first kappa shape index (κ1) is 12.1. The molecular formula is C16H15N5. The lowest BCUT2D eigenvalue weighted by atomic mass is 10.1. The van der Waals surface area contributed by atoms with Gasteiger partial charge in [0.15, 0.2) is 11.5 Å². The number of aromatic amines is 1. The van der Waals surface area contributed by atoms with Crippen LogP contribution in [0, 0.1) is 0 Å². The average molecular weight is 277 g/mol. The minimum Gasteiger partial charge on any atom is -0.361 e. The van der Waals surface area contributed by atoms with E-state index in [0.717, 1.165) is 18.0 Å². The lowest BCUT2D eigenvalue weighted by Crippen LogP contribution is -2.14. The second-order valence-corrected chi connectivity index (χ2v) is 5.05. The number of fused-ring (bicyclic) bond motifs is 2. The predicted molar refractivity (Wildman–Crippen MR) is 81.8 cm³/mol. The van der Waals surface area contributed by atoms with E-state index in [-0.39, 0.29) is 0 Å². The van der Waals surface area contributed by atoms with Gasteiger partial charge in [-0.1, -0.05) is 12.1 Å². The van der Waals surface area contributed by atoms with Gasteiger partial charge in [0.2, 0.25) is 0 Å². The Morgan fingerprint density at radius 2 is 2.05 bits per heavy atom. The number of H-pyrrole nitrogens is 1. The van der Waals surface area contributed by atoms with Crippen LogP contribution in [0.3, 0.4) is 0 Å². The summed E-state index contributed by atoms with van der Waals surface area (Å²) >= 11 is 0. The third-order valence-corrected chi connectivity index (χ3v) is 3.61. The molecule has 0 saturated heterocycles. The van der Waals surface area contributed by atoms with Crippen molar-refractivity contribution in [2.24, 2.45) is 0 Å². The molecule has 0 aliphatic carbocycles. The molecule has 0 fully saturated rings. The molecule has 5 nitrogen and oxygen atoms in total. The van der Waals surface area contributed by atoms with E-state index in [9.17, 15) is 0 Å². The summed E-state index contributed by atoms with van der Waals surface area (Å²) in [4.78, 5) is 3.20. The highest BCUT2D eigenvalue weighted by Gasteiger charge is 2.04. The zero-order valence-corrected chi connectivity index (χ0v) is 11.5. The van der Waals surface area contributed by atoms with Crippen LogP contribution < -0.4 is 5.32 Å². The Balaban J connectivity index is 1.47. The molecule has 2 N–H and O–H groups in total. The van der Waals surface area contributed by atoms with Crippen molar-refractivity contribution in [3.8, 4) is 0 Å². The van der Waals surface area contributed by atoms with Crippen molar-refractivity contribution in [2.75, 3.05) is 0 Å². The molecule has 21 heavy (non-hydrogen) atoms. The Labute approximate surface area is 121 Å². The SMILES string of the molecule is c1ccn2c(CNCc3ccc4[nH]ccc4c3)nnc2c1. The van der Waals surface area contributed by atoms with Crippen LogP contribution in [0.1, 0.15) is 11.4 Å². The van der Waals surface area contributed by atoms with E-state index in [1.165, 1.54) is 16.5 Å². The molecule has 3 aromatic heterocycles. The maximum absolute atomic E-state index is 4.21. The van der Waals surface area contributed by atoms with Crippen LogP contribution >= 0.6 is 0 Å². The zero-order valence-electron chi connectivity index (χ0n) is 11.5. The van der Waals surface area contributed by atoms with Gasteiger partial charge in [-0.3, -0.25) is 4.40 Å². The van der Waals surface area contributed by atoms with Crippen molar-refractivity contribution < 1.29 is 0 Å². The van der Waals surface area contributed by atoms with Crippen LogP contribution in [0.5, 0.6) is 0 Å². The Hall–Kier alpha value is -2.66. The standard InChI is InChI=1S/C16H15N5/c1-2-8-21-15(3-1)19-20-16(21)11-17-10-12-4-5-14-13(9-12)6-7-18-14/h1-9,17-18H,10-11H2. The number of rotatable bonds is 4. The van der Waals surface area contributed by atoms with E-state index in [4.69, 9.17) is 0 Å². The summed E-state index contributed by atoms with van der Waals surface area (Å²) in [5.74, 6) is 0.924. The molecule has 0 atom stereocenters.